The van der Waals surface area contributed by atoms with Crippen LogP contribution in [0.15, 0.2) is 24.0 Å². The number of nitrogens with two attached hydrogens (primary N) is 1. The molecule has 0 rings (SSSR count). The number of unbranched alkanes of at least 4 members (excludes halogenated alkanes) is 1. The topological polar surface area (TPSA) is 64.7 Å². The van der Waals surface area contributed by atoms with Crippen LogP contribution in [0.4, 0.5) is 0 Å². The average molecular weight is 344 g/mol. The first-order valence-corrected chi connectivity index (χ1v) is 9.35. The summed E-state index contributed by atoms with van der Waals surface area (Å²) in [5, 5.41) is 9.24. The Labute approximate surface area is 150 Å². The zero-order chi connectivity index (χ0) is 18.8. The van der Waals surface area contributed by atoms with Crippen LogP contribution in [0.5, 0.6) is 0 Å². The Bertz CT molecular complexity index is 309. The van der Waals surface area contributed by atoms with Gasteiger partial charge < -0.3 is 20.3 Å². The molecule has 0 aliphatic heterocycles. The van der Waals surface area contributed by atoms with Gasteiger partial charge in [-0.05, 0) is 50.3 Å². The lowest BCUT2D eigenvalue weighted by Crippen LogP contribution is -2.09. The van der Waals surface area contributed by atoms with E-state index in [0.717, 1.165) is 38.2 Å². The fraction of sp³-hybridized carbons (Fsp3) is 0.800. The molecule has 4 nitrogen and oxygen atoms in total. The van der Waals surface area contributed by atoms with Crippen LogP contribution in [0.1, 0.15) is 67.2 Å². The summed E-state index contributed by atoms with van der Waals surface area (Å²) in [5.41, 5.74) is 5.11. The summed E-state index contributed by atoms with van der Waals surface area (Å²) in [6.07, 6.45) is 10.0. The maximum Gasteiger partial charge on any atom is 0.115 e. The van der Waals surface area contributed by atoms with Crippen molar-refractivity contribution in [2.45, 2.75) is 79.4 Å². The molecule has 0 saturated carbocycles. The van der Waals surface area contributed by atoms with Gasteiger partial charge in [0.15, 0.2) is 0 Å². The Morgan fingerprint density at radius 1 is 1.12 bits per heavy atom. The minimum absolute atomic E-state index is 0.333. The summed E-state index contributed by atoms with van der Waals surface area (Å²) in [6, 6.07) is 0.333. The molecule has 0 aromatic heterocycles. The maximum atomic E-state index is 9.24. The molecule has 0 heterocycles. The van der Waals surface area contributed by atoms with Crippen molar-refractivity contribution in [2.75, 3.05) is 19.8 Å². The van der Waals surface area contributed by atoms with Crippen molar-refractivity contribution in [1.82, 2.24) is 0 Å². The van der Waals surface area contributed by atoms with E-state index >= 15 is 0 Å². The van der Waals surface area contributed by atoms with Gasteiger partial charge in [-0.3, -0.25) is 0 Å². The average Bonchev–Trinajstić information content (AvgIpc) is 2.49. The van der Waals surface area contributed by atoms with Crippen LogP contribution in [0.3, 0.4) is 0 Å². The Kier molecular flexibility index (Phi) is 19.6. The van der Waals surface area contributed by atoms with Gasteiger partial charge in [-0.15, -0.1) is 0 Å². The molecule has 3 N–H and O–H groups in total. The van der Waals surface area contributed by atoms with Gasteiger partial charge in [-0.2, -0.15) is 0 Å². The van der Waals surface area contributed by atoms with Gasteiger partial charge in [-0.25, -0.2) is 0 Å². The highest BCUT2D eigenvalue weighted by Crippen LogP contribution is 2.09. The molecule has 0 aliphatic carbocycles. The third-order valence-corrected chi connectivity index (χ3v) is 2.85. The minimum atomic E-state index is -0.437. The van der Waals surface area contributed by atoms with Crippen LogP contribution >= 0.6 is 0 Å². The molecule has 2 atom stereocenters. The summed E-state index contributed by atoms with van der Waals surface area (Å²) in [6.45, 7) is 14.1. The summed E-state index contributed by atoms with van der Waals surface area (Å²) in [7, 11) is 0. The van der Waals surface area contributed by atoms with Gasteiger partial charge in [0.2, 0.25) is 0 Å². The van der Waals surface area contributed by atoms with Crippen LogP contribution in [0.2, 0.25) is 0 Å². The molecule has 0 fully saturated rings. The smallest absolute Gasteiger partial charge is 0.115 e. The van der Waals surface area contributed by atoms with Crippen molar-refractivity contribution in [1.29, 1.82) is 0 Å². The zero-order valence-electron chi connectivity index (χ0n) is 16.8. The summed E-state index contributed by atoms with van der Waals surface area (Å²) in [4.78, 5) is 0. The summed E-state index contributed by atoms with van der Waals surface area (Å²) >= 11 is 0. The first kappa shape index (κ1) is 25.4. The van der Waals surface area contributed by atoms with Gasteiger partial charge in [0.25, 0.3) is 0 Å². The Morgan fingerprint density at radius 2 is 1.75 bits per heavy atom. The van der Waals surface area contributed by atoms with Crippen LogP contribution < -0.4 is 5.73 Å². The number of aliphatic hydroxyl groups excluding tert-OH is 1. The normalized spacial score (nSPS) is 14.5. The molecule has 0 saturated heterocycles. The van der Waals surface area contributed by atoms with E-state index in [0.29, 0.717) is 18.6 Å². The largest absolute Gasteiger partial charge is 0.491 e. The van der Waals surface area contributed by atoms with Crippen molar-refractivity contribution >= 4 is 0 Å². The van der Waals surface area contributed by atoms with Crippen molar-refractivity contribution in [3.63, 3.8) is 0 Å². The van der Waals surface area contributed by atoms with Crippen molar-refractivity contribution in [2.24, 2.45) is 11.7 Å². The number of hydrogen-bond donors (Lipinski definition) is 2. The molecular formula is C20H41NO3. The molecule has 4 heteroatoms. The molecule has 0 bridgehead atoms. The number of ether oxygens (including phenoxy) is 2. The molecule has 0 spiro atoms. The highest BCUT2D eigenvalue weighted by Gasteiger charge is 2.01. The Balaban J connectivity index is 0. The predicted octanol–water partition coefficient (Wildman–Crippen LogP) is 4.43. The van der Waals surface area contributed by atoms with Gasteiger partial charge in [0, 0.05) is 13.2 Å². The standard InChI is InChI=1S/C17H32O3.C3H9N/c1-5-7-12-19-13-11-15(3)9-10-17(8-6-2)20-14-16(4)18;1-3(2)4/h8-10,15-16,18H,5-7,11-14H2,1-4H3;3H,4H2,1-2H3/b10-9-,17-8+;. The van der Waals surface area contributed by atoms with E-state index in [1.54, 1.807) is 6.92 Å². The van der Waals surface area contributed by atoms with E-state index in [9.17, 15) is 5.11 Å². The Hall–Kier alpha value is -0.840. The van der Waals surface area contributed by atoms with E-state index in [1.165, 1.54) is 6.42 Å². The molecule has 0 aliphatic rings. The molecule has 0 aromatic rings. The van der Waals surface area contributed by atoms with Gasteiger partial charge >= 0.3 is 0 Å². The maximum absolute atomic E-state index is 9.24. The van der Waals surface area contributed by atoms with Gasteiger partial charge in [0.05, 0.1) is 6.10 Å². The van der Waals surface area contributed by atoms with E-state index < -0.39 is 6.10 Å². The van der Waals surface area contributed by atoms with Crippen molar-refractivity contribution < 1.29 is 14.6 Å². The van der Waals surface area contributed by atoms with E-state index in [4.69, 9.17) is 15.2 Å². The van der Waals surface area contributed by atoms with Gasteiger partial charge in [-0.1, -0.05) is 47.1 Å². The van der Waals surface area contributed by atoms with Crippen LogP contribution in [0, 0.1) is 5.92 Å². The van der Waals surface area contributed by atoms with E-state index in [-0.39, 0.29) is 0 Å². The highest BCUT2D eigenvalue weighted by molar-refractivity contribution is 5.12. The quantitative estimate of drug-likeness (QED) is 0.312. The number of aliphatic hydroxyl groups is 1. The zero-order valence-corrected chi connectivity index (χ0v) is 16.8. The number of hydrogen-bond acceptors (Lipinski definition) is 4. The second-order valence-electron chi connectivity index (χ2n) is 6.51. The lowest BCUT2D eigenvalue weighted by Gasteiger charge is -2.10. The second kappa shape index (κ2) is 18.5. The number of allylic oxidation sites excluding steroid dienone is 3. The molecular weight excluding hydrogens is 302 g/mol. The van der Waals surface area contributed by atoms with Crippen molar-refractivity contribution in [3.05, 3.63) is 24.0 Å². The Morgan fingerprint density at radius 3 is 2.25 bits per heavy atom. The molecule has 24 heavy (non-hydrogen) atoms. The van der Waals surface area contributed by atoms with Crippen LogP contribution in [-0.4, -0.2) is 37.1 Å². The van der Waals surface area contributed by atoms with E-state index in [2.05, 4.69) is 26.8 Å². The minimum Gasteiger partial charge on any atom is -0.491 e. The fourth-order valence-electron chi connectivity index (χ4n) is 1.57. The van der Waals surface area contributed by atoms with Gasteiger partial charge in [0.1, 0.15) is 12.4 Å². The first-order chi connectivity index (χ1) is 11.3. The predicted molar refractivity (Wildman–Crippen MR) is 104 cm³/mol. The second-order valence-corrected chi connectivity index (χ2v) is 6.51. The molecule has 2 unspecified atom stereocenters. The van der Waals surface area contributed by atoms with E-state index in [1.807, 2.05) is 26.0 Å². The van der Waals surface area contributed by atoms with Crippen molar-refractivity contribution in [3.8, 4) is 0 Å². The molecule has 0 radical (unpaired) electrons. The first-order valence-electron chi connectivity index (χ1n) is 9.35. The monoisotopic (exact) mass is 343 g/mol. The SMILES string of the molecule is CC(C)N.CC/C=C(\C=C/C(C)CCOCCCC)OCC(C)O. The summed E-state index contributed by atoms with van der Waals surface area (Å²) < 4.78 is 11.1. The molecule has 0 aromatic carbocycles. The highest BCUT2D eigenvalue weighted by atomic mass is 16.5. The lowest BCUT2D eigenvalue weighted by atomic mass is 10.1. The van der Waals surface area contributed by atoms with Crippen LogP contribution in [-0.2, 0) is 9.47 Å². The number of rotatable bonds is 12. The third kappa shape index (κ3) is 23.4. The lowest BCUT2D eigenvalue weighted by molar-refractivity contribution is 0.0878. The molecule has 0 amide bonds. The molecule has 144 valence electrons. The van der Waals surface area contributed by atoms with Crippen LogP contribution in [0.25, 0.3) is 0 Å². The fourth-order valence-corrected chi connectivity index (χ4v) is 1.57. The third-order valence-electron chi connectivity index (χ3n) is 2.85. The summed E-state index contributed by atoms with van der Waals surface area (Å²) in [5.74, 6) is 1.30.